The highest BCUT2D eigenvalue weighted by Gasteiger charge is 2.36. The van der Waals surface area contributed by atoms with Gasteiger partial charge in [-0.15, -0.1) is 0 Å². The van der Waals surface area contributed by atoms with Gasteiger partial charge in [-0.05, 0) is 65.9 Å². The number of anilines is 2. The first-order chi connectivity index (χ1) is 17.2. The van der Waals surface area contributed by atoms with E-state index in [4.69, 9.17) is 4.74 Å². The summed E-state index contributed by atoms with van der Waals surface area (Å²) in [6, 6.07) is 16.9. The third-order valence-electron chi connectivity index (χ3n) is 6.91. The van der Waals surface area contributed by atoms with Crippen molar-refractivity contribution in [3.63, 3.8) is 0 Å². The standard InChI is InChI=1S/C28H26F2N4O2/c1-17-3-6-22(33-27(35)20-7-8-32-26(13-20)28(2,29)30)14-23(17)18-4-5-19-11-21(15-31)25-16-36-10-9-34(25)24(19)12-18/h3-8,12-14,21,25H,9-11,16H2,1-2H3,(H,33,35). The highest BCUT2D eigenvalue weighted by molar-refractivity contribution is 6.04. The number of hydrogen-bond acceptors (Lipinski definition) is 5. The van der Waals surface area contributed by atoms with E-state index in [9.17, 15) is 18.8 Å². The maximum absolute atomic E-state index is 13.7. The molecule has 8 heteroatoms. The molecule has 2 unspecified atom stereocenters. The highest BCUT2D eigenvalue weighted by Crippen LogP contribution is 2.39. The molecule has 2 aliphatic rings. The van der Waals surface area contributed by atoms with Crippen LogP contribution in [0.2, 0.25) is 0 Å². The lowest BCUT2D eigenvalue weighted by molar-refractivity contribution is 0.0127. The van der Waals surface area contributed by atoms with Crippen molar-refractivity contribution in [1.82, 2.24) is 4.98 Å². The van der Waals surface area contributed by atoms with E-state index in [0.29, 0.717) is 25.3 Å². The van der Waals surface area contributed by atoms with Crippen molar-refractivity contribution >= 4 is 17.3 Å². The number of rotatable bonds is 4. The van der Waals surface area contributed by atoms with E-state index in [2.05, 4.69) is 33.4 Å². The Morgan fingerprint density at radius 2 is 2.06 bits per heavy atom. The van der Waals surface area contributed by atoms with Gasteiger partial charge in [0.2, 0.25) is 0 Å². The van der Waals surface area contributed by atoms with Crippen LogP contribution in [0, 0.1) is 24.2 Å². The van der Waals surface area contributed by atoms with Crippen LogP contribution < -0.4 is 10.2 Å². The summed E-state index contributed by atoms with van der Waals surface area (Å²) in [5.41, 5.74) is 5.48. The van der Waals surface area contributed by atoms with Crippen LogP contribution in [-0.4, -0.2) is 36.7 Å². The fourth-order valence-corrected chi connectivity index (χ4v) is 4.96. The molecule has 36 heavy (non-hydrogen) atoms. The summed E-state index contributed by atoms with van der Waals surface area (Å²) < 4.78 is 33.0. The molecule has 0 aliphatic carbocycles. The molecule has 2 atom stereocenters. The number of carbonyl (C=O) groups excluding carboxylic acids is 1. The minimum absolute atomic E-state index is 0.0407. The van der Waals surface area contributed by atoms with Crippen LogP contribution in [0.15, 0.2) is 54.7 Å². The minimum atomic E-state index is -3.13. The largest absolute Gasteiger partial charge is 0.377 e. The molecular formula is C28H26F2N4O2. The van der Waals surface area contributed by atoms with E-state index in [-0.39, 0.29) is 17.5 Å². The van der Waals surface area contributed by atoms with Gasteiger partial charge < -0.3 is 15.0 Å². The minimum Gasteiger partial charge on any atom is -0.377 e. The second kappa shape index (κ2) is 9.32. The first kappa shape index (κ1) is 23.9. The first-order valence-corrected chi connectivity index (χ1v) is 11.9. The summed E-state index contributed by atoms with van der Waals surface area (Å²) in [6.45, 7) is 4.66. The third-order valence-corrected chi connectivity index (χ3v) is 6.91. The Morgan fingerprint density at radius 1 is 1.22 bits per heavy atom. The van der Waals surface area contributed by atoms with E-state index in [0.717, 1.165) is 47.5 Å². The fraction of sp³-hybridized carbons (Fsp3) is 0.321. The van der Waals surface area contributed by atoms with Crippen LogP contribution in [0.5, 0.6) is 0 Å². The molecule has 2 aromatic carbocycles. The predicted octanol–water partition coefficient (Wildman–Crippen LogP) is 5.32. The zero-order valence-electron chi connectivity index (χ0n) is 20.1. The number of nitrogens with one attached hydrogen (secondary N) is 1. The fourth-order valence-electron chi connectivity index (χ4n) is 4.96. The highest BCUT2D eigenvalue weighted by atomic mass is 19.3. The van der Waals surface area contributed by atoms with Crippen molar-refractivity contribution < 1.29 is 18.3 Å². The Labute approximate surface area is 208 Å². The summed E-state index contributed by atoms with van der Waals surface area (Å²) in [4.78, 5) is 18.8. The Hall–Kier alpha value is -3.83. The van der Waals surface area contributed by atoms with E-state index >= 15 is 0 Å². The molecule has 3 aromatic rings. The number of aryl methyl sites for hydroxylation is 1. The molecule has 0 saturated carbocycles. The maximum atomic E-state index is 13.7. The predicted molar refractivity (Wildman–Crippen MR) is 133 cm³/mol. The summed E-state index contributed by atoms with van der Waals surface area (Å²) in [5, 5.41) is 12.5. The second-order valence-electron chi connectivity index (χ2n) is 9.42. The van der Waals surface area contributed by atoms with Crippen molar-refractivity contribution in [3.05, 3.63) is 77.1 Å². The number of benzene rings is 2. The molecule has 0 spiro atoms. The number of amides is 1. The van der Waals surface area contributed by atoms with Gasteiger partial charge in [-0.25, -0.2) is 0 Å². The normalized spacial score (nSPS) is 19.1. The zero-order chi connectivity index (χ0) is 25.4. The molecule has 1 amide bonds. The lowest BCUT2D eigenvalue weighted by Gasteiger charge is -2.44. The number of hydrogen-bond donors (Lipinski definition) is 1. The van der Waals surface area contributed by atoms with Gasteiger partial charge in [0, 0.05) is 36.6 Å². The van der Waals surface area contributed by atoms with Crippen LogP contribution in [0.4, 0.5) is 20.2 Å². The van der Waals surface area contributed by atoms with Crippen LogP contribution >= 0.6 is 0 Å². The topological polar surface area (TPSA) is 78.2 Å². The number of nitrogens with zero attached hydrogens (tertiary/aromatic N) is 3. The number of morpholine rings is 1. The smallest absolute Gasteiger partial charge is 0.286 e. The molecule has 1 fully saturated rings. The SMILES string of the molecule is Cc1ccc(NC(=O)c2ccnc(C(C)(F)F)c2)cc1-c1ccc2c(c1)N1CCOCC1C(C#N)C2. The monoisotopic (exact) mass is 488 g/mol. The molecule has 184 valence electrons. The van der Waals surface area contributed by atoms with Crippen molar-refractivity contribution in [3.8, 4) is 17.2 Å². The summed E-state index contributed by atoms with van der Waals surface area (Å²) in [6.07, 6.45) is 1.90. The van der Waals surface area contributed by atoms with E-state index in [1.807, 2.05) is 25.1 Å². The average molecular weight is 489 g/mol. The number of halogens is 2. The Bertz CT molecular complexity index is 1360. The van der Waals surface area contributed by atoms with E-state index < -0.39 is 17.5 Å². The van der Waals surface area contributed by atoms with E-state index in [1.54, 1.807) is 6.07 Å². The number of carbonyl (C=O) groups is 1. The van der Waals surface area contributed by atoms with Crippen LogP contribution in [0.1, 0.15) is 34.1 Å². The van der Waals surface area contributed by atoms with Gasteiger partial charge in [0.25, 0.3) is 11.8 Å². The number of fused-ring (bicyclic) bond motifs is 3. The quantitative estimate of drug-likeness (QED) is 0.538. The summed E-state index contributed by atoms with van der Waals surface area (Å²) in [5.74, 6) is -3.72. The molecule has 0 radical (unpaired) electrons. The van der Waals surface area contributed by atoms with Crippen molar-refractivity contribution in [2.24, 2.45) is 5.92 Å². The third kappa shape index (κ3) is 4.54. The van der Waals surface area contributed by atoms with Gasteiger partial charge in [0.1, 0.15) is 5.69 Å². The van der Waals surface area contributed by atoms with Gasteiger partial charge in [-0.3, -0.25) is 9.78 Å². The van der Waals surface area contributed by atoms with Gasteiger partial charge in [-0.2, -0.15) is 14.0 Å². The molecular weight excluding hydrogens is 462 g/mol. The van der Waals surface area contributed by atoms with Crippen LogP contribution in [0.3, 0.4) is 0 Å². The molecule has 3 heterocycles. The van der Waals surface area contributed by atoms with Crippen molar-refractivity contribution in [2.75, 3.05) is 30.0 Å². The van der Waals surface area contributed by atoms with Gasteiger partial charge in [0.15, 0.2) is 0 Å². The summed E-state index contributed by atoms with van der Waals surface area (Å²) >= 11 is 0. The first-order valence-electron chi connectivity index (χ1n) is 11.9. The molecule has 1 saturated heterocycles. The number of nitriles is 1. The second-order valence-corrected chi connectivity index (χ2v) is 9.42. The van der Waals surface area contributed by atoms with Gasteiger partial charge in [0.05, 0.1) is 31.2 Å². The number of alkyl halides is 2. The molecule has 5 rings (SSSR count). The Morgan fingerprint density at radius 3 is 2.83 bits per heavy atom. The summed E-state index contributed by atoms with van der Waals surface area (Å²) in [7, 11) is 0. The number of ether oxygens (including phenoxy) is 1. The maximum Gasteiger partial charge on any atom is 0.286 e. The van der Waals surface area contributed by atoms with E-state index in [1.165, 1.54) is 12.3 Å². The van der Waals surface area contributed by atoms with Gasteiger partial charge >= 0.3 is 0 Å². The zero-order valence-corrected chi connectivity index (χ0v) is 20.1. The average Bonchev–Trinajstić information content (AvgIpc) is 2.88. The molecule has 1 N–H and O–H groups in total. The Kier molecular flexibility index (Phi) is 6.19. The molecule has 6 nitrogen and oxygen atoms in total. The molecule has 1 aromatic heterocycles. The molecule has 0 bridgehead atoms. The lowest BCUT2D eigenvalue weighted by Crippen LogP contribution is -2.52. The van der Waals surface area contributed by atoms with Crippen LogP contribution in [0.25, 0.3) is 11.1 Å². The van der Waals surface area contributed by atoms with Crippen molar-refractivity contribution in [2.45, 2.75) is 32.2 Å². The molecule has 2 aliphatic heterocycles. The van der Waals surface area contributed by atoms with Gasteiger partial charge in [-0.1, -0.05) is 18.2 Å². The Balaban J connectivity index is 1.44. The number of pyridine rings is 1. The van der Waals surface area contributed by atoms with Crippen LogP contribution in [-0.2, 0) is 17.1 Å². The van der Waals surface area contributed by atoms with Crippen molar-refractivity contribution in [1.29, 1.82) is 5.26 Å². The number of aromatic nitrogens is 1. The lowest BCUT2D eigenvalue weighted by atomic mass is 9.85.